The number of benzene rings is 2. The molecule has 0 saturated heterocycles. The maximum absolute atomic E-state index is 6.17. The Hall–Kier alpha value is -1.98. The Kier molecular flexibility index (Phi) is 5.65. The fourth-order valence-corrected chi connectivity index (χ4v) is 3.59. The Morgan fingerprint density at radius 2 is 1.61 bits per heavy atom. The number of hydrogen-bond acceptors (Lipinski definition) is 4. The molecule has 0 radical (unpaired) electrons. The molecule has 2 heterocycles. The van der Waals surface area contributed by atoms with Crippen LogP contribution in [0.25, 0.3) is 0 Å². The maximum atomic E-state index is 6.17. The van der Waals surface area contributed by atoms with Crippen LogP contribution in [0.5, 0.6) is 11.5 Å². The molecular formula is C20H12Cl4N2O2. The quantitative estimate of drug-likeness (QED) is 0.387. The molecule has 0 bridgehead atoms. The molecule has 1 unspecified atom stereocenters. The predicted molar refractivity (Wildman–Crippen MR) is 112 cm³/mol. The Labute approximate surface area is 181 Å². The third kappa shape index (κ3) is 3.91. The molecule has 0 saturated carbocycles. The first-order valence-corrected chi connectivity index (χ1v) is 9.80. The normalized spacial score (nSPS) is 15.9. The Morgan fingerprint density at radius 1 is 0.893 bits per heavy atom. The number of oxime groups is 1. The summed E-state index contributed by atoms with van der Waals surface area (Å²) in [6.45, 7) is 0. The number of aromatic nitrogens is 1. The molecule has 0 fully saturated rings. The van der Waals surface area contributed by atoms with Crippen molar-refractivity contribution in [3.05, 3.63) is 86.1 Å². The van der Waals surface area contributed by atoms with Crippen molar-refractivity contribution in [1.29, 1.82) is 0 Å². The van der Waals surface area contributed by atoms with Crippen LogP contribution in [0, 0.1) is 0 Å². The highest BCUT2D eigenvalue weighted by atomic mass is 35.5. The summed E-state index contributed by atoms with van der Waals surface area (Å²) in [7, 11) is 0. The fourth-order valence-electron chi connectivity index (χ4n) is 2.81. The van der Waals surface area contributed by atoms with Crippen LogP contribution in [0.3, 0.4) is 0 Å². The summed E-state index contributed by atoms with van der Waals surface area (Å²) >= 11 is 24.3. The lowest BCUT2D eigenvalue weighted by molar-refractivity contribution is 0.0857. The Morgan fingerprint density at radius 3 is 2.32 bits per heavy atom. The largest absolute Gasteiger partial charge is 0.454 e. The van der Waals surface area contributed by atoms with Crippen LogP contribution in [0.2, 0.25) is 20.4 Å². The third-order valence-electron chi connectivity index (χ3n) is 4.18. The van der Waals surface area contributed by atoms with Crippen LogP contribution in [0.4, 0.5) is 0 Å². The van der Waals surface area contributed by atoms with Crippen molar-refractivity contribution in [2.75, 3.05) is 0 Å². The van der Waals surface area contributed by atoms with Gasteiger partial charge in [0.05, 0.1) is 5.71 Å². The van der Waals surface area contributed by atoms with Crippen LogP contribution in [0.1, 0.15) is 23.7 Å². The monoisotopic (exact) mass is 452 g/mol. The van der Waals surface area contributed by atoms with E-state index in [2.05, 4.69) is 10.1 Å². The minimum Gasteiger partial charge on any atom is -0.454 e. The zero-order valence-electron chi connectivity index (χ0n) is 14.2. The van der Waals surface area contributed by atoms with Gasteiger partial charge < -0.3 is 9.57 Å². The molecule has 8 heteroatoms. The zero-order valence-corrected chi connectivity index (χ0v) is 17.2. The van der Waals surface area contributed by atoms with E-state index < -0.39 is 0 Å². The van der Waals surface area contributed by atoms with Crippen LogP contribution in [-0.4, -0.2) is 10.7 Å². The zero-order chi connectivity index (χ0) is 19.7. The van der Waals surface area contributed by atoms with E-state index in [1.165, 1.54) is 0 Å². The molecule has 0 amide bonds. The van der Waals surface area contributed by atoms with E-state index in [9.17, 15) is 0 Å². The van der Waals surface area contributed by atoms with Crippen molar-refractivity contribution in [2.45, 2.75) is 12.5 Å². The topological polar surface area (TPSA) is 43.7 Å². The minimum absolute atomic E-state index is 0.0153. The van der Waals surface area contributed by atoms with E-state index in [1.807, 2.05) is 48.5 Å². The fraction of sp³-hybridized carbons (Fsp3) is 0.100. The lowest BCUT2D eigenvalue weighted by Gasteiger charge is -2.12. The van der Waals surface area contributed by atoms with Crippen molar-refractivity contribution < 1.29 is 9.57 Å². The summed E-state index contributed by atoms with van der Waals surface area (Å²) in [5.74, 6) is 0.655. The molecule has 1 aromatic heterocycles. The lowest BCUT2D eigenvalue weighted by atomic mass is 10.0. The summed E-state index contributed by atoms with van der Waals surface area (Å²) in [6, 6.07) is 17.3. The molecular weight excluding hydrogens is 442 g/mol. The second kappa shape index (κ2) is 8.18. The van der Waals surface area contributed by atoms with Gasteiger partial charge in [-0.15, -0.1) is 0 Å². The highest BCUT2D eigenvalue weighted by molar-refractivity contribution is 6.47. The molecule has 28 heavy (non-hydrogen) atoms. The highest BCUT2D eigenvalue weighted by Crippen LogP contribution is 2.43. The van der Waals surface area contributed by atoms with Gasteiger partial charge in [0.1, 0.15) is 15.8 Å². The van der Waals surface area contributed by atoms with Gasteiger partial charge in [0.2, 0.25) is 0 Å². The molecule has 0 spiro atoms. The van der Waals surface area contributed by atoms with Gasteiger partial charge >= 0.3 is 0 Å². The second-order valence-electron chi connectivity index (χ2n) is 6.03. The van der Waals surface area contributed by atoms with Crippen molar-refractivity contribution in [3.8, 4) is 11.5 Å². The third-order valence-corrected chi connectivity index (χ3v) is 5.63. The molecule has 1 aliphatic heterocycles. The van der Waals surface area contributed by atoms with Crippen LogP contribution < -0.4 is 4.74 Å². The molecule has 2 aromatic carbocycles. The molecule has 4 rings (SSSR count). The summed E-state index contributed by atoms with van der Waals surface area (Å²) in [5, 5.41) is 4.44. The lowest BCUT2D eigenvalue weighted by Crippen LogP contribution is -2.01. The van der Waals surface area contributed by atoms with Gasteiger partial charge in [0, 0.05) is 12.0 Å². The van der Waals surface area contributed by atoms with Crippen molar-refractivity contribution in [2.24, 2.45) is 5.16 Å². The minimum atomic E-state index is -0.109. The van der Waals surface area contributed by atoms with Gasteiger partial charge in [-0.25, -0.2) is 4.98 Å². The van der Waals surface area contributed by atoms with E-state index >= 15 is 0 Å². The second-order valence-corrected chi connectivity index (χ2v) is 7.50. The van der Waals surface area contributed by atoms with Crippen molar-refractivity contribution in [1.82, 2.24) is 4.98 Å². The van der Waals surface area contributed by atoms with Gasteiger partial charge in [-0.2, -0.15) is 0 Å². The van der Waals surface area contributed by atoms with E-state index in [4.69, 9.17) is 56.0 Å². The van der Waals surface area contributed by atoms with Crippen molar-refractivity contribution >= 4 is 52.1 Å². The van der Waals surface area contributed by atoms with Gasteiger partial charge in [0.25, 0.3) is 0 Å². The summed E-state index contributed by atoms with van der Waals surface area (Å²) in [6.07, 6.45) is 0.546. The SMILES string of the molecule is Clc1nc(Cl)c(Cl)c(Oc2cccc(C3=NOC(c4ccccc4)C3)c2)c1Cl. The van der Waals surface area contributed by atoms with Gasteiger partial charge in [-0.05, 0) is 17.7 Å². The summed E-state index contributed by atoms with van der Waals surface area (Å²) < 4.78 is 5.84. The number of ether oxygens (including phenoxy) is 1. The van der Waals surface area contributed by atoms with E-state index in [0.29, 0.717) is 12.2 Å². The molecule has 4 nitrogen and oxygen atoms in total. The predicted octanol–water partition coefficient (Wildman–Crippen LogP) is 7.35. The Balaban J connectivity index is 1.57. The average molecular weight is 454 g/mol. The van der Waals surface area contributed by atoms with Gasteiger partial charge in [-0.3, -0.25) is 0 Å². The molecule has 0 aliphatic carbocycles. The van der Waals surface area contributed by atoms with Crippen LogP contribution in [0.15, 0.2) is 59.8 Å². The van der Waals surface area contributed by atoms with Crippen LogP contribution in [-0.2, 0) is 4.84 Å². The summed E-state index contributed by atoms with van der Waals surface area (Å²) in [5.41, 5.74) is 2.77. The van der Waals surface area contributed by atoms with Gasteiger partial charge in [0.15, 0.2) is 22.2 Å². The van der Waals surface area contributed by atoms with E-state index in [-0.39, 0.29) is 32.2 Å². The number of pyridine rings is 1. The van der Waals surface area contributed by atoms with Crippen molar-refractivity contribution in [3.63, 3.8) is 0 Å². The van der Waals surface area contributed by atoms with Gasteiger partial charge in [-0.1, -0.05) is 94.0 Å². The summed E-state index contributed by atoms with van der Waals surface area (Å²) in [4.78, 5) is 9.44. The first-order chi connectivity index (χ1) is 13.5. The number of nitrogens with zero attached hydrogens (tertiary/aromatic N) is 2. The molecule has 1 atom stereocenters. The van der Waals surface area contributed by atoms with E-state index in [0.717, 1.165) is 16.8 Å². The molecule has 142 valence electrons. The maximum Gasteiger partial charge on any atom is 0.170 e. The number of rotatable bonds is 4. The first-order valence-electron chi connectivity index (χ1n) is 8.29. The molecule has 1 aliphatic rings. The first kappa shape index (κ1) is 19.3. The number of halogens is 4. The molecule has 0 N–H and O–H groups in total. The Bertz CT molecular complexity index is 1030. The smallest absolute Gasteiger partial charge is 0.170 e. The standard InChI is InChI=1S/C20H12Cl4N2O2/c21-16-18(17(22)20(24)25-19(16)23)27-13-8-4-7-12(9-13)14-10-15(28-26-14)11-5-2-1-3-6-11/h1-9,15H,10H2. The highest BCUT2D eigenvalue weighted by Gasteiger charge is 2.24. The average Bonchev–Trinajstić information content (AvgIpc) is 3.21. The van der Waals surface area contributed by atoms with E-state index in [1.54, 1.807) is 6.07 Å². The molecule has 3 aromatic rings. The van der Waals surface area contributed by atoms with Crippen LogP contribution >= 0.6 is 46.4 Å². The number of hydrogen-bond donors (Lipinski definition) is 0.